The van der Waals surface area contributed by atoms with E-state index in [-0.39, 0.29) is 11.3 Å². The van der Waals surface area contributed by atoms with E-state index < -0.39 is 29.2 Å². The summed E-state index contributed by atoms with van der Waals surface area (Å²) < 4.78 is 43.8. The zero-order valence-electron chi connectivity index (χ0n) is 13.2. The number of anilines is 1. The molecule has 1 aromatic carbocycles. The van der Waals surface area contributed by atoms with Crippen LogP contribution in [0.2, 0.25) is 0 Å². The Hall–Kier alpha value is -2.39. The van der Waals surface area contributed by atoms with Crippen LogP contribution in [-0.4, -0.2) is 30.3 Å². The van der Waals surface area contributed by atoms with Crippen molar-refractivity contribution in [1.82, 2.24) is 0 Å². The second-order valence-corrected chi connectivity index (χ2v) is 6.11. The molecule has 0 saturated heterocycles. The third-order valence-electron chi connectivity index (χ3n) is 3.53. The van der Waals surface area contributed by atoms with Crippen molar-refractivity contribution in [3.8, 4) is 0 Å². The van der Waals surface area contributed by atoms with Crippen LogP contribution in [0.5, 0.6) is 0 Å². The quantitative estimate of drug-likeness (QED) is 0.807. The van der Waals surface area contributed by atoms with Gasteiger partial charge in [-0.2, -0.15) is 13.2 Å². The SMILES string of the molecule is COC(=O)[C@](O)(c1ccc(NC(=O)c2cccs2)c(C)c1)C(F)(F)F. The molecule has 0 unspecified atom stereocenters. The first kappa shape index (κ1) is 18.9. The van der Waals surface area contributed by atoms with Gasteiger partial charge in [-0.1, -0.05) is 18.2 Å². The van der Waals surface area contributed by atoms with E-state index in [4.69, 9.17) is 0 Å². The van der Waals surface area contributed by atoms with E-state index in [2.05, 4.69) is 10.1 Å². The number of methoxy groups -OCH3 is 1. The number of carbonyl (C=O) groups excluding carboxylic acids is 2. The molecular formula is C16H14F3NO4S. The van der Waals surface area contributed by atoms with Gasteiger partial charge >= 0.3 is 12.1 Å². The number of benzene rings is 1. The number of rotatable bonds is 4. The van der Waals surface area contributed by atoms with Gasteiger partial charge < -0.3 is 15.2 Å². The maximum Gasteiger partial charge on any atom is 0.432 e. The highest BCUT2D eigenvalue weighted by Gasteiger charge is 2.62. The summed E-state index contributed by atoms with van der Waals surface area (Å²) in [6.07, 6.45) is -5.27. The molecule has 5 nitrogen and oxygen atoms in total. The molecular weight excluding hydrogens is 359 g/mol. The molecule has 0 fully saturated rings. The van der Waals surface area contributed by atoms with Gasteiger partial charge in [-0.3, -0.25) is 4.79 Å². The summed E-state index contributed by atoms with van der Waals surface area (Å²) in [6.45, 7) is 1.45. The number of hydrogen-bond donors (Lipinski definition) is 2. The molecule has 134 valence electrons. The van der Waals surface area contributed by atoms with Gasteiger partial charge in [0.1, 0.15) is 0 Å². The predicted octanol–water partition coefficient (Wildman–Crippen LogP) is 3.23. The highest BCUT2D eigenvalue weighted by atomic mass is 32.1. The normalized spacial score (nSPS) is 13.8. The Kier molecular flexibility index (Phi) is 5.19. The number of alkyl halides is 3. The van der Waals surface area contributed by atoms with Gasteiger partial charge in [0.2, 0.25) is 0 Å². The zero-order chi connectivity index (χ0) is 18.8. The standard InChI is InChI=1S/C16H14F3NO4S/c1-9-8-10(15(23,14(22)24-2)16(17,18)19)5-6-11(9)20-13(21)12-4-3-7-25-12/h3-8,23H,1-2H3,(H,20,21)/t15-/m1/s1. The summed E-state index contributed by atoms with van der Waals surface area (Å²) in [5.41, 5.74) is -3.98. The molecule has 1 atom stereocenters. The fourth-order valence-electron chi connectivity index (χ4n) is 2.17. The number of aryl methyl sites for hydroxylation is 1. The van der Waals surface area contributed by atoms with Crippen LogP contribution in [0.1, 0.15) is 20.8 Å². The summed E-state index contributed by atoms with van der Waals surface area (Å²) in [7, 11) is 0.752. The minimum absolute atomic E-state index is 0.244. The van der Waals surface area contributed by atoms with Gasteiger partial charge in [-0.25, -0.2) is 4.79 Å². The fourth-order valence-corrected chi connectivity index (χ4v) is 2.78. The first-order valence-corrected chi connectivity index (χ1v) is 7.82. The van der Waals surface area contributed by atoms with Crippen LogP contribution in [0, 0.1) is 6.92 Å². The van der Waals surface area contributed by atoms with Crippen molar-refractivity contribution in [2.24, 2.45) is 0 Å². The summed E-state index contributed by atoms with van der Waals surface area (Å²) in [5, 5.41) is 14.2. The van der Waals surface area contributed by atoms with Crippen molar-refractivity contribution in [2.45, 2.75) is 18.7 Å². The number of aliphatic hydroxyl groups is 1. The van der Waals surface area contributed by atoms with Gasteiger partial charge in [0.25, 0.3) is 11.5 Å². The Balaban J connectivity index is 2.37. The molecule has 0 radical (unpaired) electrons. The molecule has 1 aromatic heterocycles. The number of esters is 1. The number of ether oxygens (including phenoxy) is 1. The lowest BCUT2D eigenvalue weighted by Gasteiger charge is -2.28. The van der Waals surface area contributed by atoms with Gasteiger partial charge in [0, 0.05) is 11.3 Å². The number of nitrogens with one attached hydrogen (secondary N) is 1. The van der Waals surface area contributed by atoms with Crippen LogP contribution in [-0.2, 0) is 15.1 Å². The van der Waals surface area contributed by atoms with Crippen molar-refractivity contribution in [2.75, 3.05) is 12.4 Å². The van der Waals surface area contributed by atoms with Crippen LogP contribution in [0.4, 0.5) is 18.9 Å². The summed E-state index contributed by atoms with van der Waals surface area (Å²) in [6, 6.07) is 6.38. The maximum atomic E-state index is 13.2. The van der Waals surface area contributed by atoms with E-state index in [0.29, 0.717) is 4.88 Å². The third-order valence-corrected chi connectivity index (χ3v) is 4.40. The van der Waals surface area contributed by atoms with E-state index in [9.17, 15) is 27.9 Å². The first-order valence-electron chi connectivity index (χ1n) is 6.94. The average Bonchev–Trinajstić information content (AvgIpc) is 3.08. The van der Waals surface area contributed by atoms with Crippen LogP contribution >= 0.6 is 11.3 Å². The molecule has 25 heavy (non-hydrogen) atoms. The molecule has 9 heteroatoms. The molecule has 2 aromatic rings. The van der Waals surface area contributed by atoms with Crippen molar-refractivity contribution >= 4 is 28.9 Å². The second kappa shape index (κ2) is 6.85. The van der Waals surface area contributed by atoms with Crippen molar-refractivity contribution in [3.05, 3.63) is 51.7 Å². The highest BCUT2D eigenvalue weighted by molar-refractivity contribution is 7.12. The zero-order valence-corrected chi connectivity index (χ0v) is 14.0. The molecule has 1 amide bonds. The Morgan fingerprint density at radius 3 is 2.40 bits per heavy atom. The fraction of sp³-hybridized carbons (Fsp3) is 0.250. The lowest BCUT2D eigenvalue weighted by molar-refractivity contribution is -0.266. The van der Waals surface area contributed by atoms with Crippen LogP contribution < -0.4 is 5.32 Å². The number of thiophene rings is 1. The molecule has 0 aliphatic carbocycles. The van der Waals surface area contributed by atoms with Crippen LogP contribution in [0.3, 0.4) is 0 Å². The van der Waals surface area contributed by atoms with Crippen molar-refractivity contribution in [3.63, 3.8) is 0 Å². The summed E-state index contributed by atoms with van der Waals surface area (Å²) >= 11 is 1.21. The maximum absolute atomic E-state index is 13.2. The minimum Gasteiger partial charge on any atom is -0.466 e. The van der Waals surface area contributed by atoms with Gasteiger partial charge in [-0.05, 0) is 30.0 Å². The van der Waals surface area contributed by atoms with E-state index in [1.807, 2.05) is 0 Å². The van der Waals surface area contributed by atoms with Crippen LogP contribution in [0.15, 0.2) is 35.7 Å². The summed E-state index contributed by atoms with van der Waals surface area (Å²) in [4.78, 5) is 24.0. The van der Waals surface area contributed by atoms with E-state index in [1.54, 1.807) is 17.5 Å². The number of carbonyl (C=O) groups is 2. The van der Waals surface area contributed by atoms with Crippen LogP contribution in [0.25, 0.3) is 0 Å². The van der Waals surface area contributed by atoms with E-state index in [0.717, 1.165) is 19.2 Å². The van der Waals surface area contributed by atoms with Gasteiger partial charge in [0.15, 0.2) is 0 Å². The van der Waals surface area contributed by atoms with Crippen molar-refractivity contribution in [1.29, 1.82) is 0 Å². The molecule has 2 rings (SSSR count). The summed E-state index contributed by atoms with van der Waals surface area (Å²) in [5.74, 6) is -2.25. The molecule has 1 heterocycles. The predicted molar refractivity (Wildman–Crippen MR) is 85.4 cm³/mol. The lowest BCUT2D eigenvalue weighted by atomic mass is 9.91. The van der Waals surface area contributed by atoms with Crippen molar-refractivity contribution < 1.29 is 32.6 Å². The largest absolute Gasteiger partial charge is 0.466 e. The third kappa shape index (κ3) is 3.52. The highest BCUT2D eigenvalue weighted by Crippen LogP contribution is 2.40. The minimum atomic E-state index is -5.27. The Bertz CT molecular complexity index is 789. The number of amides is 1. The number of hydrogen-bond acceptors (Lipinski definition) is 5. The second-order valence-electron chi connectivity index (χ2n) is 5.16. The Morgan fingerprint density at radius 2 is 1.92 bits per heavy atom. The lowest BCUT2D eigenvalue weighted by Crippen LogP contribution is -2.49. The monoisotopic (exact) mass is 373 g/mol. The molecule has 0 aliphatic rings. The smallest absolute Gasteiger partial charge is 0.432 e. The first-order chi connectivity index (χ1) is 11.6. The average molecular weight is 373 g/mol. The van der Waals surface area contributed by atoms with Gasteiger partial charge in [0.05, 0.1) is 12.0 Å². The van der Waals surface area contributed by atoms with E-state index >= 15 is 0 Å². The Morgan fingerprint density at radius 1 is 1.24 bits per heavy atom. The van der Waals surface area contributed by atoms with Gasteiger partial charge in [-0.15, -0.1) is 11.3 Å². The Labute approximate surface area is 145 Å². The molecule has 0 aliphatic heterocycles. The topological polar surface area (TPSA) is 75.6 Å². The molecule has 0 spiro atoms. The molecule has 0 bridgehead atoms. The van der Waals surface area contributed by atoms with E-state index in [1.165, 1.54) is 24.3 Å². The number of halogens is 3. The molecule has 0 saturated carbocycles. The molecule has 2 N–H and O–H groups in total.